The van der Waals surface area contributed by atoms with Gasteiger partial charge in [-0.3, -0.25) is 9.59 Å². The molecule has 0 heterocycles. The molecule has 1 aromatic rings. The van der Waals surface area contributed by atoms with Crippen LogP contribution in [0.15, 0.2) is 41.4 Å². The van der Waals surface area contributed by atoms with Crippen molar-refractivity contribution in [1.82, 2.24) is 0 Å². The van der Waals surface area contributed by atoms with E-state index in [4.69, 9.17) is 0 Å². The maximum atomic E-state index is 11.8. The summed E-state index contributed by atoms with van der Waals surface area (Å²) in [5, 5.41) is 0. The van der Waals surface area contributed by atoms with Crippen LogP contribution in [0.2, 0.25) is 0 Å². The molecule has 0 saturated carbocycles. The minimum Gasteiger partial charge on any atom is -0.468 e. The molecule has 1 unspecified atom stereocenters. The molecular formula is C14H15BrO4. The first-order chi connectivity index (χ1) is 9.06. The predicted molar refractivity (Wildman–Crippen MR) is 74.6 cm³/mol. The first-order valence-electron chi connectivity index (χ1n) is 5.59. The van der Waals surface area contributed by atoms with Gasteiger partial charge in [-0.05, 0) is 11.6 Å². The zero-order valence-electron chi connectivity index (χ0n) is 10.8. The summed E-state index contributed by atoms with van der Waals surface area (Å²) in [4.78, 5) is 23.6. The molecule has 0 fully saturated rings. The molecule has 19 heavy (non-hydrogen) atoms. The summed E-state index contributed by atoms with van der Waals surface area (Å²) in [6.07, 6.45) is 1.54. The van der Waals surface area contributed by atoms with E-state index in [2.05, 4.69) is 32.0 Å². The van der Waals surface area contributed by atoms with E-state index < -0.39 is 23.8 Å². The van der Waals surface area contributed by atoms with Crippen molar-refractivity contribution in [3.8, 4) is 0 Å². The number of carbonyl (C=O) groups excluding carboxylic acids is 2. The van der Waals surface area contributed by atoms with E-state index in [1.165, 1.54) is 14.2 Å². The van der Waals surface area contributed by atoms with Gasteiger partial charge in [0.15, 0.2) is 5.92 Å². The number of ether oxygens (including phenoxy) is 2. The quantitative estimate of drug-likeness (QED) is 0.474. The molecule has 0 aromatic heterocycles. The van der Waals surface area contributed by atoms with E-state index in [1.807, 2.05) is 24.3 Å². The van der Waals surface area contributed by atoms with Crippen molar-refractivity contribution < 1.29 is 19.1 Å². The number of esters is 2. The number of rotatable bonds is 5. The van der Waals surface area contributed by atoms with E-state index in [0.29, 0.717) is 0 Å². The number of halogens is 1. The van der Waals surface area contributed by atoms with Crippen LogP contribution in [0, 0.1) is 5.92 Å². The van der Waals surface area contributed by atoms with Gasteiger partial charge in [-0.25, -0.2) is 0 Å². The number of allylic oxidation sites excluding steroid dienone is 1. The molecule has 5 heteroatoms. The van der Waals surface area contributed by atoms with Crippen LogP contribution in [0.3, 0.4) is 0 Å². The average molecular weight is 327 g/mol. The largest absolute Gasteiger partial charge is 0.468 e. The Morgan fingerprint density at radius 3 is 2.16 bits per heavy atom. The molecule has 4 nitrogen and oxygen atoms in total. The second kappa shape index (κ2) is 7.09. The van der Waals surface area contributed by atoms with E-state index >= 15 is 0 Å². The number of hydrogen-bond acceptors (Lipinski definition) is 4. The van der Waals surface area contributed by atoms with Crippen LogP contribution < -0.4 is 0 Å². The van der Waals surface area contributed by atoms with Crippen LogP contribution in [0.5, 0.6) is 0 Å². The minimum absolute atomic E-state index is 0.518. The van der Waals surface area contributed by atoms with Crippen molar-refractivity contribution in [3.63, 3.8) is 0 Å². The van der Waals surface area contributed by atoms with Crippen molar-refractivity contribution in [2.75, 3.05) is 14.2 Å². The Bertz CT molecular complexity index is 468. The van der Waals surface area contributed by atoms with E-state index in [9.17, 15) is 9.59 Å². The summed E-state index contributed by atoms with van der Waals surface area (Å²) in [5.41, 5.74) is 0.776. The maximum absolute atomic E-state index is 11.8. The fourth-order valence-electron chi connectivity index (χ4n) is 1.83. The number of benzene rings is 1. The van der Waals surface area contributed by atoms with Gasteiger partial charge in [0.25, 0.3) is 0 Å². The topological polar surface area (TPSA) is 52.6 Å². The molecule has 0 radical (unpaired) electrons. The van der Waals surface area contributed by atoms with Crippen LogP contribution in [-0.4, -0.2) is 26.2 Å². The molecule has 1 aromatic carbocycles. The van der Waals surface area contributed by atoms with Crippen LogP contribution in [0.25, 0.3) is 0 Å². The predicted octanol–water partition coefficient (Wildman–Crippen LogP) is 2.68. The van der Waals surface area contributed by atoms with E-state index in [1.54, 1.807) is 6.08 Å². The monoisotopic (exact) mass is 326 g/mol. The molecule has 1 atom stereocenters. The Balaban J connectivity index is 3.24. The van der Waals surface area contributed by atoms with Crippen molar-refractivity contribution in [3.05, 3.63) is 47.0 Å². The van der Waals surface area contributed by atoms with Crippen LogP contribution in [-0.2, 0) is 19.1 Å². The standard InChI is InChI=1S/C14H15BrO4/c1-4-9(10-7-5-6-8-11(10)15)12(13(16)18-2)14(17)19-3/h4-9,12H,1H2,2-3H3. The first kappa shape index (κ1) is 15.4. The summed E-state index contributed by atoms with van der Waals surface area (Å²) in [6, 6.07) is 7.31. The van der Waals surface area contributed by atoms with Crippen LogP contribution >= 0.6 is 15.9 Å². The summed E-state index contributed by atoms with van der Waals surface area (Å²) in [5.74, 6) is -2.87. The third-order valence-corrected chi connectivity index (χ3v) is 3.51. The van der Waals surface area contributed by atoms with Crippen LogP contribution in [0.4, 0.5) is 0 Å². The number of hydrogen-bond donors (Lipinski definition) is 0. The maximum Gasteiger partial charge on any atom is 0.321 e. The van der Waals surface area contributed by atoms with E-state index in [0.717, 1.165) is 10.0 Å². The normalized spacial score (nSPS) is 11.8. The second-order valence-corrected chi connectivity index (χ2v) is 4.66. The lowest BCUT2D eigenvalue weighted by Crippen LogP contribution is -2.31. The number of carbonyl (C=O) groups is 2. The highest BCUT2D eigenvalue weighted by molar-refractivity contribution is 9.10. The van der Waals surface area contributed by atoms with Gasteiger partial charge < -0.3 is 9.47 Å². The van der Waals surface area contributed by atoms with Gasteiger partial charge in [0.2, 0.25) is 0 Å². The van der Waals surface area contributed by atoms with Gasteiger partial charge in [-0.15, -0.1) is 6.58 Å². The van der Waals surface area contributed by atoms with Gasteiger partial charge in [-0.2, -0.15) is 0 Å². The molecule has 0 saturated heterocycles. The Morgan fingerprint density at radius 2 is 1.74 bits per heavy atom. The van der Waals surface area contributed by atoms with Crippen molar-refractivity contribution >= 4 is 27.9 Å². The van der Waals surface area contributed by atoms with E-state index in [-0.39, 0.29) is 0 Å². The molecule has 0 amide bonds. The fraction of sp³-hybridized carbons (Fsp3) is 0.286. The molecule has 0 spiro atoms. The molecule has 0 bridgehead atoms. The Morgan fingerprint density at radius 1 is 1.21 bits per heavy atom. The first-order valence-corrected chi connectivity index (χ1v) is 6.38. The Kier molecular flexibility index (Phi) is 5.76. The molecule has 102 valence electrons. The van der Waals surface area contributed by atoms with Gasteiger partial charge >= 0.3 is 11.9 Å². The van der Waals surface area contributed by atoms with Crippen molar-refractivity contribution in [2.24, 2.45) is 5.92 Å². The summed E-state index contributed by atoms with van der Waals surface area (Å²) in [6.45, 7) is 3.70. The lowest BCUT2D eigenvalue weighted by atomic mass is 9.86. The Hall–Kier alpha value is -1.62. The van der Waals surface area contributed by atoms with Gasteiger partial charge in [0, 0.05) is 10.4 Å². The van der Waals surface area contributed by atoms with Crippen molar-refractivity contribution in [1.29, 1.82) is 0 Å². The summed E-state index contributed by atoms with van der Waals surface area (Å²) >= 11 is 3.40. The molecule has 1 rings (SSSR count). The molecule has 0 aliphatic heterocycles. The lowest BCUT2D eigenvalue weighted by Gasteiger charge is -2.21. The highest BCUT2D eigenvalue weighted by Crippen LogP contribution is 2.32. The minimum atomic E-state index is -1.06. The van der Waals surface area contributed by atoms with Gasteiger partial charge in [-0.1, -0.05) is 40.2 Å². The van der Waals surface area contributed by atoms with Crippen LogP contribution in [0.1, 0.15) is 11.5 Å². The summed E-state index contributed by atoms with van der Waals surface area (Å²) < 4.78 is 10.1. The third-order valence-electron chi connectivity index (χ3n) is 2.79. The Labute approximate surface area is 120 Å². The number of methoxy groups -OCH3 is 2. The SMILES string of the molecule is C=CC(c1ccccc1Br)C(C(=O)OC)C(=O)OC. The van der Waals surface area contributed by atoms with Crippen molar-refractivity contribution in [2.45, 2.75) is 5.92 Å². The zero-order valence-corrected chi connectivity index (χ0v) is 12.3. The molecule has 0 N–H and O–H groups in total. The van der Waals surface area contributed by atoms with Gasteiger partial charge in [0.1, 0.15) is 0 Å². The third kappa shape index (κ3) is 3.44. The highest BCUT2D eigenvalue weighted by Gasteiger charge is 2.36. The lowest BCUT2D eigenvalue weighted by molar-refractivity contribution is -0.159. The smallest absolute Gasteiger partial charge is 0.321 e. The fourth-order valence-corrected chi connectivity index (χ4v) is 2.38. The second-order valence-electron chi connectivity index (χ2n) is 3.81. The molecular weight excluding hydrogens is 312 g/mol. The summed E-state index contributed by atoms with van der Waals surface area (Å²) in [7, 11) is 2.47. The molecule has 0 aliphatic rings. The molecule has 0 aliphatic carbocycles. The van der Waals surface area contributed by atoms with Gasteiger partial charge in [0.05, 0.1) is 14.2 Å². The zero-order chi connectivity index (χ0) is 14.4. The highest BCUT2D eigenvalue weighted by atomic mass is 79.9. The average Bonchev–Trinajstić information content (AvgIpc) is 2.44.